The SMILES string of the molecule is COC(=O)[C@@]1(COC(=O)OC(C)(C)C)C=C[C@H](OC(=O)c2ccccc2)[C@H](O)[C@H]1O. The van der Waals surface area contributed by atoms with Crippen LogP contribution in [0, 0.1) is 5.41 Å². The van der Waals surface area contributed by atoms with Gasteiger partial charge in [0.15, 0.2) is 0 Å². The molecule has 0 saturated heterocycles. The van der Waals surface area contributed by atoms with E-state index in [2.05, 4.69) is 0 Å². The van der Waals surface area contributed by atoms with Gasteiger partial charge in [-0.15, -0.1) is 0 Å². The molecule has 0 aliphatic heterocycles. The van der Waals surface area contributed by atoms with Gasteiger partial charge in [0.2, 0.25) is 0 Å². The van der Waals surface area contributed by atoms with Gasteiger partial charge in [0.1, 0.15) is 35.9 Å². The van der Waals surface area contributed by atoms with Crippen molar-refractivity contribution in [1.29, 1.82) is 0 Å². The molecule has 9 heteroatoms. The number of carbonyl (C=O) groups excluding carboxylic acids is 3. The Labute approximate surface area is 174 Å². The summed E-state index contributed by atoms with van der Waals surface area (Å²) in [5.74, 6) is -1.66. The van der Waals surface area contributed by atoms with Crippen LogP contribution in [0.4, 0.5) is 4.79 Å². The summed E-state index contributed by atoms with van der Waals surface area (Å²) in [4.78, 5) is 36.5. The molecule has 4 atom stereocenters. The van der Waals surface area contributed by atoms with Gasteiger partial charge < -0.3 is 29.2 Å². The zero-order valence-corrected chi connectivity index (χ0v) is 17.2. The standard InChI is InChI=1S/C21H26O9/c1-20(2,3)30-19(26)28-12-21(18(25)27-4)11-10-14(15(22)16(21)23)29-17(24)13-8-6-5-7-9-13/h5-11,14-16,22-23H,12H2,1-4H3/t14-,15-,16+,21+/m0/s1. The first-order chi connectivity index (χ1) is 14.0. The maximum atomic E-state index is 12.4. The van der Waals surface area contributed by atoms with E-state index in [4.69, 9.17) is 18.9 Å². The van der Waals surface area contributed by atoms with Crippen molar-refractivity contribution in [1.82, 2.24) is 0 Å². The first-order valence-corrected chi connectivity index (χ1v) is 9.26. The van der Waals surface area contributed by atoms with Crippen LogP contribution in [0.15, 0.2) is 42.5 Å². The van der Waals surface area contributed by atoms with Gasteiger partial charge in [0.05, 0.1) is 12.7 Å². The largest absolute Gasteiger partial charge is 0.508 e. The highest BCUT2D eigenvalue weighted by Crippen LogP contribution is 2.35. The van der Waals surface area contributed by atoms with E-state index >= 15 is 0 Å². The van der Waals surface area contributed by atoms with Gasteiger partial charge in [-0.1, -0.05) is 24.3 Å². The molecule has 0 bridgehead atoms. The molecular formula is C21H26O9. The zero-order chi connectivity index (χ0) is 22.5. The molecule has 2 N–H and O–H groups in total. The Balaban J connectivity index is 2.19. The molecule has 30 heavy (non-hydrogen) atoms. The molecule has 0 heterocycles. The number of methoxy groups -OCH3 is 1. The number of hydrogen-bond donors (Lipinski definition) is 2. The van der Waals surface area contributed by atoms with Gasteiger partial charge in [0.25, 0.3) is 0 Å². The first-order valence-electron chi connectivity index (χ1n) is 9.26. The Morgan fingerprint density at radius 2 is 1.73 bits per heavy atom. The second-order valence-electron chi connectivity index (χ2n) is 7.82. The number of carbonyl (C=O) groups is 3. The lowest BCUT2D eigenvalue weighted by atomic mass is 9.74. The number of ether oxygens (including phenoxy) is 4. The van der Waals surface area contributed by atoms with E-state index in [1.807, 2.05) is 0 Å². The highest BCUT2D eigenvalue weighted by atomic mass is 16.7. The van der Waals surface area contributed by atoms with E-state index in [0.29, 0.717) is 0 Å². The summed E-state index contributed by atoms with van der Waals surface area (Å²) in [6.07, 6.45) is -3.31. The molecule has 0 saturated carbocycles. The second kappa shape index (κ2) is 9.27. The summed E-state index contributed by atoms with van der Waals surface area (Å²) >= 11 is 0. The Morgan fingerprint density at radius 1 is 1.10 bits per heavy atom. The molecule has 1 aromatic rings. The minimum Gasteiger partial charge on any atom is -0.468 e. The Hall–Kier alpha value is -2.91. The number of aliphatic hydroxyl groups excluding tert-OH is 2. The molecule has 1 aliphatic carbocycles. The van der Waals surface area contributed by atoms with Crippen LogP contribution < -0.4 is 0 Å². The number of hydrogen-bond acceptors (Lipinski definition) is 9. The number of esters is 2. The fourth-order valence-corrected chi connectivity index (χ4v) is 2.87. The van der Waals surface area contributed by atoms with Crippen LogP contribution in [0.3, 0.4) is 0 Å². The Kier molecular flexibility index (Phi) is 7.22. The summed E-state index contributed by atoms with van der Waals surface area (Å²) < 4.78 is 20.0. The molecule has 0 fully saturated rings. The van der Waals surface area contributed by atoms with E-state index < -0.39 is 54.0 Å². The zero-order valence-electron chi connectivity index (χ0n) is 17.2. The van der Waals surface area contributed by atoms with Gasteiger partial charge in [-0.05, 0) is 39.0 Å². The average molecular weight is 422 g/mol. The summed E-state index contributed by atoms with van der Waals surface area (Å²) in [6.45, 7) is 4.25. The third kappa shape index (κ3) is 5.37. The second-order valence-corrected chi connectivity index (χ2v) is 7.82. The average Bonchev–Trinajstić information content (AvgIpc) is 2.70. The lowest BCUT2D eigenvalue weighted by molar-refractivity contribution is -0.172. The fraction of sp³-hybridized carbons (Fsp3) is 0.476. The van der Waals surface area contributed by atoms with E-state index in [9.17, 15) is 24.6 Å². The Morgan fingerprint density at radius 3 is 2.30 bits per heavy atom. The van der Waals surface area contributed by atoms with E-state index in [-0.39, 0.29) is 5.56 Å². The van der Waals surface area contributed by atoms with Crippen molar-refractivity contribution in [3.63, 3.8) is 0 Å². The molecule has 1 aliphatic rings. The van der Waals surface area contributed by atoms with Gasteiger partial charge in [-0.2, -0.15) is 0 Å². The van der Waals surface area contributed by atoms with Crippen LogP contribution in [0.2, 0.25) is 0 Å². The third-order valence-corrected chi connectivity index (χ3v) is 4.41. The van der Waals surface area contributed by atoms with Crippen molar-refractivity contribution in [2.24, 2.45) is 5.41 Å². The molecule has 164 valence electrons. The summed E-state index contributed by atoms with van der Waals surface area (Å²) in [5, 5.41) is 21.2. The highest BCUT2D eigenvalue weighted by Gasteiger charge is 2.53. The minimum absolute atomic E-state index is 0.255. The smallest absolute Gasteiger partial charge is 0.468 e. The number of aliphatic hydroxyl groups is 2. The number of rotatable bonds is 5. The fourth-order valence-electron chi connectivity index (χ4n) is 2.87. The van der Waals surface area contributed by atoms with Crippen LogP contribution in [-0.2, 0) is 23.7 Å². The first kappa shape index (κ1) is 23.4. The van der Waals surface area contributed by atoms with Crippen LogP contribution in [0.1, 0.15) is 31.1 Å². The van der Waals surface area contributed by atoms with Crippen LogP contribution in [0.25, 0.3) is 0 Å². The van der Waals surface area contributed by atoms with Crippen molar-refractivity contribution in [2.75, 3.05) is 13.7 Å². The molecule has 1 aromatic carbocycles. The predicted molar refractivity (Wildman–Crippen MR) is 103 cm³/mol. The van der Waals surface area contributed by atoms with E-state index in [1.54, 1.807) is 39.0 Å². The van der Waals surface area contributed by atoms with Gasteiger partial charge >= 0.3 is 18.1 Å². The van der Waals surface area contributed by atoms with Gasteiger partial charge in [-0.25, -0.2) is 9.59 Å². The van der Waals surface area contributed by atoms with Gasteiger partial charge in [0, 0.05) is 0 Å². The minimum atomic E-state index is -1.90. The van der Waals surface area contributed by atoms with Crippen molar-refractivity contribution in [3.8, 4) is 0 Å². The quantitative estimate of drug-likeness (QED) is 0.413. The molecule has 0 amide bonds. The number of benzene rings is 1. The van der Waals surface area contributed by atoms with E-state index in [0.717, 1.165) is 7.11 Å². The van der Waals surface area contributed by atoms with Crippen LogP contribution in [-0.4, -0.2) is 65.9 Å². The van der Waals surface area contributed by atoms with E-state index in [1.165, 1.54) is 24.3 Å². The Bertz CT molecular complexity index is 796. The molecule has 2 rings (SSSR count). The topological polar surface area (TPSA) is 129 Å². The van der Waals surface area contributed by atoms with Crippen LogP contribution in [0.5, 0.6) is 0 Å². The maximum Gasteiger partial charge on any atom is 0.508 e. The lowest BCUT2D eigenvalue weighted by Gasteiger charge is -2.39. The third-order valence-electron chi connectivity index (χ3n) is 4.41. The summed E-state index contributed by atoms with van der Waals surface area (Å²) in [5.41, 5.74) is -2.47. The predicted octanol–water partition coefficient (Wildman–Crippen LogP) is 1.61. The van der Waals surface area contributed by atoms with Crippen molar-refractivity contribution in [2.45, 2.75) is 44.7 Å². The summed E-state index contributed by atoms with van der Waals surface area (Å²) in [7, 11) is 1.09. The molecule has 0 spiro atoms. The summed E-state index contributed by atoms with van der Waals surface area (Å²) in [6, 6.07) is 8.09. The normalized spacial score (nSPS) is 25.9. The van der Waals surface area contributed by atoms with Crippen molar-refractivity contribution in [3.05, 3.63) is 48.0 Å². The maximum absolute atomic E-state index is 12.4. The molecular weight excluding hydrogens is 396 g/mol. The van der Waals surface area contributed by atoms with Gasteiger partial charge in [-0.3, -0.25) is 4.79 Å². The molecule has 0 unspecified atom stereocenters. The molecule has 0 aromatic heterocycles. The van der Waals surface area contributed by atoms with Crippen LogP contribution >= 0.6 is 0 Å². The highest BCUT2D eigenvalue weighted by molar-refractivity contribution is 5.89. The van der Waals surface area contributed by atoms with Crippen molar-refractivity contribution >= 4 is 18.1 Å². The lowest BCUT2D eigenvalue weighted by Crippen LogP contribution is -2.57. The monoisotopic (exact) mass is 422 g/mol. The molecule has 0 radical (unpaired) electrons. The molecule has 9 nitrogen and oxygen atoms in total. The van der Waals surface area contributed by atoms with Crippen molar-refractivity contribution < 1.29 is 43.5 Å².